The van der Waals surface area contributed by atoms with Crippen LogP contribution >= 0.6 is 0 Å². The molecule has 89 heavy (non-hydrogen) atoms. The molecule has 0 saturated heterocycles. The molecule has 0 N–H and O–H groups in total. The first-order valence-corrected chi connectivity index (χ1v) is 31.7. The van der Waals surface area contributed by atoms with E-state index in [-0.39, 0.29) is 0 Å². The summed E-state index contributed by atoms with van der Waals surface area (Å²) in [5, 5.41) is 5.36. The Morgan fingerprint density at radius 2 is 0.506 bits per heavy atom. The fraction of sp³-hybridized carbons (Fsp3) is 0.446. The first-order valence-electron chi connectivity index (χ1n) is 31.7. The Bertz CT molecular complexity index is 2780. The molecule has 7 aromatic heterocycles. The molecule has 0 aliphatic rings. The van der Waals surface area contributed by atoms with E-state index in [2.05, 4.69) is 137 Å². The van der Waals surface area contributed by atoms with Crippen LogP contribution in [0.5, 0.6) is 0 Å². The summed E-state index contributed by atoms with van der Waals surface area (Å²) in [7, 11) is 0. The highest BCUT2D eigenvalue weighted by Crippen LogP contribution is 2.26. The minimum absolute atomic E-state index is 0.792. The van der Waals surface area contributed by atoms with Crippen LogP contribution in [-0.2, 0) is 0 Å². The number of hydrogen-bond donors (Lipinski definition) is 0. The summed E-state index contributed by atoms with van der Waals surface area (Å²) in [5.41, 5.74) is 12.6. The van der Waals surface area contributed by atoms with Gasteiger partial charge in [-0.2, -0.15) is 0 Å². The van der Waals surface area contributed by atoms with Crippen LogP contribution in [0.4, 0.5) is 0 Å². The van der Waals surface area contributed by atoms with E-state index in [1.807, 2.05) is 233 Å². The molecule has 15 heteroatoms. The molecule has 10 aromatic rings. The Hall–Kier alpha value is -8.33. The summed E-state index contributed by atoms with van der Waals surface area (Å²) in [6.45, 7) is 65.0. The number of aromatic nitrogens is 15. The highest BCUT2D eigenvalue weighted by molar-refractivity contribution is 6.07. The molecule has 10 rings (SSSR count). The average molecular weight is 1220 g/mol. The van der Waals surface area contributed by atoms with Crippen molar-refractivity contribution in [3.63, 3.8) is 0 Å². The van der Waals surface area contributed by atoms with Crippen LogP contribution in [0.15, 0.2) is 123 Å². The second-order valence-corrected chi connectivity index (χ2v) is 17.2. The molecule has 0 atom stereocenters. The molecule has 0 spiro atoms. The highest BCUT2D eigenvalue weighted by Gasteiger charge is 2.01. The fourth-order valence-electron chi connectivity index (χ4n) is 6.33. The van der Waals surface area contributed by atoms with Gasteiger partial charge in [0.05, 0.1) is 34.2 Å². The van der Waals surface area contributed by atoms with E-state index in [1.54, 1.807) is 55.9 Å². The minimum Gasteiger partial charge on any atom is -0.261 e. The maximum atomic E-state index is 4.11. The van der Waals surface area contributed by atoms with Crippen molar-refractivity contribution in [2.75, 3.05) is 0 Å². The van der Waals surface area contributed by atoms with Crippen LogP contribution in [-0.4, -0.2) is 74.8 Å². The van der Waals surface area contributed by atoms with E-state index in [9.17, 15) is 0 Å². The van der Waals surface area contributed by atoms with Crippen LogP contribution in [0.25, 0.3) is 21.5 Å². The third-order valence-electron chi connectivity index (χ3n) is 9.58. The Morgan fingerprint density at radius 3 is 0.708 bits per heavy atom. The van der Waals surface area contributed by atoms with E-state index < -0.39 is 0 Å². The molecule has 0 aliphatic carbocycles. The molecule has 0 bridgehead atoms. The van der Waals surface area contributed by atoms with Crippen LogP contribution < -0.4 is 0 Å². The van der Waals surface area contributed by atoms with Gasteiger partial charge in [0.2, 0.25) is 0 Å². The Kier molecular flexibility index (Phi) is 63.3. The summed E-state index contributed by atoms with van der Waals surface area (Å²) >= 11 is 0. The molecule has 490 valence electrons. The third kappa shape index (κ3) is 49.4. The van der Waals surface area contributed by atoms with Crippen LogP contribution in [0.2, 0.25) is 0 Å². The SMILES string of the molecule is CC.CC.CC.CC.CC.CC.CC.CC.Cc1cc(C)ncn1.Cc1ccc2c(ccc3cc(C)ccc32)c1.Cc1ccnc(C)n1.Cc1ccnc(C)n1.Cc1cnc(C)cn1.Cc1cnc(C)cn1.Cc1cncc(C)n1.Cc1nc(C)nc(C)n1. The predicted molar refractivity (Wildman–Crippen MR) is 385 cm³/mol. The van der Waals surface area contributed by atoms with Gasteiger partial charge in [-0.1, -0.05) is 170 Å². The van der Waals surface area contributed by atoms with Crippen molar-refractivity contribution in [2.24, 2.45) is 0 Å². The summed E-state index contributed by atoms with van der Waals surface area (Å²) in [6.07, 6.45) is 15.6. The molecule has 0 amide bonds. The van der Waals surface area contributed by atoms with Gasteiger partial charge in [0.1, 0.15) is 35.4 Å². The van der Waals surface area contributed by atoms with Crippen LogP contribution in [0.1, 0.15) is 208 Å². The van der Waals surface area contributed by atoms with Gasteiger partial charge in [0, 0.05) is 72.4 Å². The molecule has 3 aromatic carbocycles. The topological polar surface area (TPSA) is 193 Å². The van der Waals surface area contributed by atoms with E-state index in [4.69, 9.17) is 0 Å². The zero-order chi connectivity index (χ0) is 69.9. The van der Waals surface area contributed by atoms with Gasteiger partial charge in [-0.25, -0.2) is 44.9 Å². The number of hydrogen-bond acceptors (Lipinski definition) is 15. The minimum atomic E-state index is 0.792. The van der Waals surface area contributed by atoms with Crippen LogP contribution in [0, 0.1) is 118 Å². The Morgan fingerprint density at radius 1 is 0.213 bits per heavy atom. The smallest absolute Gasteiger partial charge is 0.129 e. The quantitative estimate of drug-likeness (QED) is 0.130. The molecule has 0 fully saturated rings. The van der Waals surface area contributed by atoms with E-state index in [1.165, 1.54) is 32.7 Å². The summed E-state index contributed by atoms with van der Waals surface area (Å²) in [4.78, 5) is 60.0. The molecule has 15 nitrogen and oxygen atoms in total. The first-order chi connectivity index (χ1) is 42.6. The zero-order valence-electron chi connectivity index (χ0n) is 61.8. The lowest BCUT2D eigenvalue weighted by atomic mass is 9.99. The third-order valence-corrected chi connectivity index (χ3v) is 9.58. The monoisotopic (exact) mass is 1220 g/mol. The maximum absolute atomic E-state index is 4.11. The molecule has 0 radical (unpaired) electrons. The summed E-state index contributed by atoms with van der Waals surface area (Å²) in [5.74, 6) is 4.05. The fourth-order valence-corrected chi connectivity index (χ4v) is 6.33. The lowest BCUT2D eigenvalue weighted by molar-refractivity contribution is 0.875. The van der Waals surface area contributed by atoms with Crippen molar-refractivity contribution < 1.29 is 0 Å². The Balaban J connectivity index is -0.000000217. The van der Waals surface area contributed by atoms with Gasteiger partial charge in [0.25, 0.3) is 0 Å². The van der Waals surface area contributed by atoms with Crippen LogP contribution in [0.3, 0.4) is 0 Å². The molecule has 7 heterocycles. The van der Waals surface area contributed by atoms with Gasteiger partial charge in [0.15, 0.2) is 0 Å². The lowest BCUT2D eigenvalue weighted by Crippen LogP contribution is -1.97. The lowest BCUT2D eigenvalue weighted by Gasteiger charge is -2.05. The van der Waals surface area contributed by atoms with Crippen molar-refractivity contribution in [1.29, 1.82) is 0 Å². The largest absolute Gasteiger partial charge is 0.261 e. The number of aryl methyl sites for hydroxylation is 17. The van der Waals surface area contributed by atoms with Crippen molar-refractivity contribution in [2.45, 2.75) is 228 Å². The van der Waals surface area contributed by atoms with Gasteiger partial charge < -0.3 is 0 Å². The van der Waals surface area contributed by atoms with Gasteiger partial charge in [-0.3, -0.25) is 29.9 Å². The van der Waals surface area contributed by atoms with Crippen molar-refractivity contribution in [3.05, 3.63) is 220 Å². The predicted octanol–water partition coefficient (Wildman–Crippen LogP) is 20.2. The average Bonchev–Trinajstić information content (AvgIpc) is 2.61. The van der Waals surface area contributed by atoms with Gasteiger partial charge in [-0.05, 0) is 157 Å². The van der Waals surface area contributed by atoms with Crippen molar-refractivity contribution in [3.8, 4) is 0 Å². The molecule has 0 saturated carbocycles. The number of rotatable bonds is 0. The molecule has 0 aliphatic heterocycles. The normalized spacial score (nSPS) is 8.51. The van der Waals surface area contributed by atoms with E-state index >= 15 is 0 Å². The van der Waals surface area contributed by atoms with Crippen molar-refractivity contribution >= 4 is 21.5 Å². The Labute approximate surface area is 542 Å². The maximum Gasteiger partial charge on any atom is 0.129 e. The van der Waals surface area contributed by atoms with Gasteiger partial charge >= 0.3 is 0 Å². The number of nitrogens with zero attached hydrogens (tertiary/aromatic N) is 15. The number of benzene rings is 3. The molecule has 0 unspecified atom stereocenters. The zero-order valence-corrected chi connectivity index (χ0v) is 61.8. The molecular formula is C74H119N15. The summed E-state index contributed by atoms with van der Waals surface area (Å²) in [6, 6.07) is 23.4. The standard InChI is InChI=1S/C16H14.C6H9N3.6C6H8N2.8C2H6/c1-11-3-7-15-13(9-11)5-6-14-10-12(2)4-8-16(14)15;1-4-7-5(2)9-6(3)8-4;2*1-5-3-8-6(2)4-7-5;1-5-3-7-4-6(2)8-5;1-5-3-6(2)8-4-7-5;2*1-5-3-4-7-6(2)8-5;8*1-2/h3-10H,1-2H3;1-3H3;6*3-4H,1-2H3;8*1-2H3. The van der Waals surface area contributed by atoms with E-state index in [0.717, 1.165) is 86.1 Å². The van der Waals surface area contributed by atoms with E-state index in [0.29, 0.717) is 0 Å². The second-order valence-electron chi connectivity index (χ2n) is 17.2. The summed E-state index contributed by atoms with van der Waals surface area (Å²) < 4.78 is 0. The first kappa shape index (κ1) is 91.8. The van der Waals surface area contributed by atoms with Gasteiger partial charge in [-0.15, -0.1) is 0 Å². The highest BCUT2D eigenvalue weighted by atomic mass is 15.0. The van der Waals surface area contributed by atoms with Crippen molar-refractivity contribution in [1.82, 2.24) is 74.8 Å². The second kappa shape index (κ2) is 61.3. The molecular weight excluding hydrogens is 1100 g/mol. The number of fused-ring (bicyclic) bond motifs is 3.